The Kier molecular flexibility index (Phi) is 2.95. The summed E-state index contributed by atoms with van der Waals surface area (Å²) in [5.41, 5.74) is 2.17. The molecule has 0 fully saturated rings. The minimum atomic E-state index is -3.81. The first kappa shape index (κ1) is 12.4. The van der Waals surface area contributed by atoms with Crippen molar-refractivity contribution >= 4 is 31.2 Å². The average Bonchev–Trinajstić information content (AvgIpc) is 2.81. The van der Waals surface area contributed by atoms with Crippen LogP contribution in [0.5, 0.6) is 0 Å². The van der Waals surface area contributed by atoms with Crippen molar-refractivity contribution in [2.24, 2.45) is 0 Å². The van der Waals surface area contributed by atoms with Gasteiger partial charge in [-0.3, -0.25) is 0 Å². The zero-order chi connectivity index (χ0) is 13.5. The van der Waals surface area contributed by atoms with Crippen LogP contribution in [0.1, 0.15) is 5.56 Å². The van der Waals surface area contributed by atoms with E-state index in [9.17, 15) is 8.42 Å². The Bertz CT molecular complexity index is 731. The lowest BCUT2D eigenvalue weighted by molar-refractivity contribution is 0.609. The second kappa shape index (κ2) is 4.51. The number of hydrogen-bond donors (Lipinski definition) is 0. The highest BCUT2D eigenvalue weighted by Crippen LogP contribution is 2.36. The van der Waals surface area contributed by atoms with Crippen LogP contribution in [0, 0.1) is 0 Å². The van der Waals surface area contributed by atoms with Gasteiger partial charge in [-0.05, 0) is 30.2 Å². The molecule has 1 aromatic carbocycles. The second-order valence-electron chi connectivity index (χ2n) is 4.29. The standard InChI is InChI=1S/C13H11ClN2O2S/c14-19(17,18)12-6-3-8-15-13(12)16-9-7-10-4-1-2-5-11(10)16/h1-6,8H,7,9H2. The molecule has 0 spiro atoms. The van der Waals surface area contributed by atoms with Crippen LogP contribution >= 0.6 is 10.7 Å². The lowest BCUT2D eigenvalue weighted by atomic mass is 10.2. The van der Waals surface area contributed by atoms with Gasteiger partial charge in [0.15, 0.2) is 5.82 Å². The third-order valence-corrected chi connectivity index (χ3v) is 4.50. The van der Waals surface area contributed by atoms with E-state index in [0.717, 1.165) is 12.1 Å². The smallest absolute Gasteiger partial charge is 0.264 e. The van der Waals surface area contributed by atoms with E-state index in [1.165, 1.54) is 11.6 Å². The molecule has 2 heterocycles. The topological polar surface area (TPSA) is 50.3 Å². The van der Waals surface area contributed by atoms with Gasteiger partial charge in [0, 0.05) is 29.1 Å². The van der Waals surface area contributed by atoms with Crippen molar-refractivity contribution in [3.8, 4) is 0 Å². The van der Waals surface area contributed by atoms with E-state index in [4.69, 9.17) is 10.7 Å². The fraction of sp³-hybridized carbons (Fsp3) is 0.154. The summed E-state index contributed by atoms with van der Waals surface area (Å²) in [5, 5.41) is 0. The highest BCUT2D eigenvalue weighted by atomic mass is 35.7. The summed E-state index contributed by atoms with van der Waals surface area (Å²) < 4.78 is 23.2. The van der Waals surface area contributed by atoms with E-state index < -0.39 is 9.05 Å². The number of para-hydroxylation sites is 1. The quantitative estimate of drug-likeness (QED) is 0.799. The summed E-state index contributed by atoms with van der Waals surface area (Å²) in [7, 11) is 1.67. The maximum absolute atomic E-state index is 11.6. The Balaban J connectivity index is 2.16. The van der Waals surface area contributed by atoms with Gasteiger partial charge >= 0.3 is 0 Å². The lowest BCUT2D eigenvalue weighted by Gasteiger charge is -2.20. The van der Waals surface area contributed by atoms with Gasteiger partial charge in [0.2, 0.25) is 0 Å². The molecule has 0 radical (unpaired) electrons. The predicted octanol–water partition coefficient (Wildman–Crippen LogP) is 2.70. The summed E-state index contributed by atoms with van der Waals surface area (Å²) in [4.78, 5) is 6.13. The van der Waals surface area contributed by atoms with E-state index in [0.29, 0.717) is 12.4 Å². The molecule has 19 heavy (non-hydrogen) atoms. The fourth-order valence-electron chi connectivity index (χ4n) is 2.33. The SMILES string of the molecule is O=S(=O)(Cl)c1cccnc1N1CCc2ccccc21. The fourth-order valence-corrected chi connectivity index (χ4v) is 3.32. The Hall–Kier alpha value is -1.59. The monoisotopic (exact) mass is 294 g/mol. The van der Waals surface area contributed by atoms with Crippen LogP contribution in [0.3, 0.4) is 0 Å². The van der Waals surface area contributed by atoms with Crippen LogP contribution in [0.2, 0.25) is 0 Å². The molecule has 3 rings (SSSR count). The molecule has 1 aromatic heterocycles. The number of halogens is 1. The molecule has 0 aliphatic carbocycles. The van der Waals surface area contributed by atoms with Gasteiger partial charge in [0.25, 0.3) is 9.05 Å². The minimum Gasteiger partial charge on any atom is -0.325 e. The van der Waals surface area contributed by atoms with Crippen molar-refractivity contribution in [1.29, 1.82) is 0 Å². The highest BCUT2D eigenvalue weighted by molar-refractivity contribution is 8.13. The zero-order valence-electron chi connectivity index (χ0n) is 9.95. The second-order valence-corrected chi connectivity index (χ2v) is 6.83. The van der Waals surface area contributed by atoms with Crippen molar-refractivity contribution in [3.05, 3.63) is 48.2 Å². The molecule has 0 saturated heterocycles. The summed E-state index contributed by atoms with van der Waals surface area (Å²) in [6.45, 7) is 0.704. The molecule has 0 amide bonds. The molecule has 1 aliphatic rings. The van der Waals surface area contributed by atoms with Crippen LogP contribution in [0.4, 0.5) is 11.5 Å². The van der Waals surface area contributed by atoms with Gasteiger partial charge in [-0.15, -0.1) is 0 Å². The summed E-state index contributed by atoms with van der Waals surface area (Å²) >= 11 is 0. The van der Waals surface area contributed by atoms with E-state index >= 15 is 0 Å². The van der Waals surface area contributed by atoms with Gasteiger partial charge in [-0.25, -0.2) is 13.4 Å². The van der Waals surface area contributed by atoms with Crippen molar-refractivity contribution in [2.45, 2.75) is 11.3 Å². The first-order valence-electron chi connectivity index (χ1n) is 5.82. The first-order valence-corrected chi connectivity index (χ1v) is 8.13. The average molecular weight is 295 g/mol. The largest absolute Gasteiger partial charge is 0.325 e. The maximum Gasteiger partial charge on any atom is 0.264 e. The predicted molar refractivity (Wildman–Crippen MR) is 74.4 cm³/mol. The zero-order valence-corrected chi connectivity index (χ0v) is 11.5. The van der Waals surface area contributed by atoms with Crippen molar-refractivity contribution in [2.75, 3.05) is 11.4 Å². The van der Waals surface area contributed by atoms with E-state index in [2.05, 4.69) is 4.98 Å². The molecular formula is C13H11ClN2O2S. The number of hydrogen-bond acceptors (Lipinski definition) is 4. The summed E-state index contributed by atoms with van der Waals surface area (Å²) in [6.07, 6.45) is 2.44. The molecule has 0 N–H and O–H groups in total. The minimum absolute atomic E-state index is 0.0494. The number of benzene rings is 1. The van der Waals surface area contributed by atoms with Crippen molar-refractivity contribution in [1.82, 2.24) is 4.98 Å². The molecular weight excluding hydrogens is 284 g/mol. The lowest BCUT2D eigenvalue weighted by Crippen LogP contribution is -2.17. The molecule has 2 aromatic rings. The number of nitrogens with zero attached hydrogens (tertiary/aromatic N) is 2. The van der Waals surface area contributed by atoms with Gasteiger partial charge in [-0.1, -0.05) is 18.2 Å². The number of rotatable bonds is 2. The van der Waals surface area contributed by atoms with E-state index in [1.807, 2.05) is 29.2 Å². The number of anilines is 2. The molecule has 98 valence electrons. The Morgan fingerprint density at radius 1 is 1.16 bits per heavy atom. The molecule has 0 saturated carbocycles. The number of fused-ring (bicyclic) bond motifs is 1. The van der Waals surface area contributed by atoms with Crippen LogP contribution in [0.15, 0.2) is 47.5 Å². The molecule has 0 bridgehead atoms. The Labute approximate surface area is 116 Å². The third kappa shape index (κ3) is 2.19. The highest BCUT2D eigenvalue weighted by Gasteiger charge is 2.26. The van der Waals surface area contributed by atoms with Crippen molar-refractivity contribution in [3.63, 3.8) is 0 Å². The molecule has 1 aliphatic heterocycles. The molecule has 0 atom stereocenters. The van der Waals surface area contributed by atoms with E-state index in [-0.39, 0.29) is 4.90 Å². The summed E-state index contributed by atoms with van der Waals surface area (Å²) in [6, 6.07) is 10.9. The maximum atomic E-state index is 11.6. The van der Waals surface area contributed by atoms with Crippen LogP contribution in [-0.2, 0) is 15.5 Å². The Morgan fingerprint density at radius 2 is 1.95 bits per heavy atom. The summed E-state index contributed by atoms with van der Waals surface area (Å²) in [5.74, 6) is 0.391. The van der Waals surface area contributed by atoms with Gasteiger partial charge in [0.1, 0.15) is 4.90 Å². The van der Waals surface area contributed by atoms with Gasteiger partial charge in [-0.2, -0.15) is 0 Å². The Morgan fingerprint density at radius 3 is 2.74 bits per heavy atom. The third-order valence-electron chi connectivity index (χ3n) is 3.16. The molecule has 0 unspecified atom stereocenters. The van der Waals surface area contributed by atoms with Gasteiger partial charge in [0.05, 0.1) is 0 Å². The van der Waals surface area contributed by atoms with Crippen molar-refractivity contribution < 1.29 is 8.42 Å². The molecule has 4 nitrogen and oxygen atoms in total. The van der Waals surface area contributed by atoms with Crippen LogP contribution in [-0.4, -0.2) is 19.9 Å². The van der Waals surface area contributed by atoms with Crippen LogP contribution in [0.25, 0.3) is 0 Å². The number of aromatic nitrogens is 1. The van der Waals surface area contributed by atoms with E-state index in [1.54, 1.807) is 12.3 Å². The first-order chi connectivity index (χ1) is 9.07. The van der Waals surface area contributed by atoms with Crippen LogP contribution < -0.4 is 4.90 Å². The number of pyridine rings is 1. The molecule has 6 heteroatoms. The van der Waals surface area contributed by atoms with Gasteiger partial charge < -0.3 is 4.90 Å². The normalized spacial score (nSPS) is 14.5.